The normalized spacial score (nSPS) is 10.5. The Morgan fingerprint density at radius 2 is 2.03 bits per heavy atom. The van der Waals surface area contributed by atoms with E-state index in [-0.39, 0.29) is 22.9 Å². The second kappa shape index (κ2) is 9.50. The van der Waals surface area contributed by atoms with Crippen LogP contribution < -0.4 is 10.1 Å². The van der Waals surface area contributed by atoms with Crippen LogP contribution in [0.25, 0.3) is 0 Å². The predicted molar refractivity (Wildman–Crippen MR) is 108 cm³/mol. The van der Waals surface area contributed by atoms with Crippen molar-refractivity contribution in [3.63, 3.8) is 0 Å². The smallest absolute Gasteiger partial charge is 0.311 e. The maximum Gasteiger partial charge on any atom is 0.311 e. The first-order chi connectivity index (χ1) is 14.1. The zero-order chi connectivity index (χ0) is 20.6. The molecule has 0 aliphatic heterocycles. The molecule has 29 heavy (non-hydrogen) atoms. The fraction of sp³-hybridized carbons (Fsp3) is 0.238. The highest BCUT2D eigenvalue weighted by Gasteiger charge is 2.18. The summed E-state index contributed by atoms with van der Waals surface area (Å²) in [6.07, 6.45) is 4.18. The zero-order valence-electron chi connectivity index (χ0n) is 16.1. The minimum absolute atomic E-state index is 0.150. The summed E-state index contributed by atoms with van der Waals surface area (Å²) in [5, 5.41) is 14.0. The van der Waals surface area contributed by atoms with Gasteiger partial charge in [-0.25, -0.2) is 4.98 Å². The molecule has 0 radical (unpaired) electrons. The minimum atomic E-state index is -0.553. The molecule has 0 aliphatic carbocycles. The molecule has 2 aromatic carbocycles. The lowest BCUT2D eigenvalue weighted by Gasteiger charge is -2.10. The van der Waals surface area contributed by atoms with E-state index in [1.807, 2.05) is 41.1 Å². The second-order valence-corrected chi connectivity index (χ2v) is 6.34. The highest BCUT2D eigenvalue weighted by atomic mass is 16.6. The van der Waals surface area contributed by atoms with Gasteiger partial charge >= 0.3 is 5.69 Å². The second-order valence-electron chi connectivity index (χ2n) is 6.34. The van der Waals surface area contributed by atoms with Crippen LogP contribution in [0.2, 0.25) is 0 Å². The molecule has 150 valence electrons. The number of nitrogens with zero attached hydrogens (tertiary/aromatic N) is 3. The number of hydrogen-bond acceptors (Lipinski definition) is 5. The number of nitro groups is 1. The van der Waals surface area contributed by atoms with Gasteiger partial charge in [-0.2, -0.15) is 0 Å². The molecule has 3 rings (SSSR count). The summed E-state index contributed by atoms with van der Waals surface area (Å²) in [6.45, 7) is 3.12. The molecule has 3 aromatic rings. The number of carbonyl (C=O) groups is 1. The van der Waals surface area contributed by atoms with Gasteiger partial charge in [0.25, 0.3) is 5.91 Å². The zero-order valence-corrected chi connectivity index (χ0v) is 16.1. The molecule has 0 spiro atoms. The van der Waals surface area contributed by atoms with Crippen LogP contribution in [0.15, 0.2) is 60.9 Å². The summed E-state index contributed by atoms with van der Waals surface area (Å²) in [5.74, 6) is 0.626. The lowest BCUT2D eigenvalue weighted by molar-refractivity contribution is -0.385. The molecule has 1 heterocycles. The molecule has 8 nitrogen and oxygen atoms in total. The summed E-state index contributed by atoms with van der Waals surface area (Å²) >= 11 is 0. The van der Waals surface area contributed by atoms with E-state index in [4.69, 9.17) is 4.74 Å². The highest BCUT2D eigenvalue weighted by Crippen LogP contribution is 2.27. The van der Waals surface area contributed by atoms with Crippen molar-refractivity contribution < 1.29 is 14.5 Å². The van der Waals surface area contributed by atoms with Crippen LogP contribution in [-0.2, 0) is 13.0 Å². The number of amides is 1. The third-order valence-corrected chi connectivity index (χ3v) is 4.35. The van der Waals surface area contributed by atoms with Crippen LogP contribution in [0.5, 0.6) is 5.75 Å². The monoisotopic (exact) mass is 394 g/mol. The molecule has 1 amide bonds. The lowest BCUT2D eigenvalue weighted by atomic mass is 10.1. The van der Waals surface area contributed by atoms with Crippen LogP contribution in [0.4, 0.5) is 5.69 Å². The molecule has 0 aliphatic rings. The number of nitrogens with one attached hydrogen (secondary N) is 1. The number of hydrogen-bond donors (Lipinski definition) is 1. The Bertz CT molecular complexity index is 985. The SMILES string of the molecule is CCOc1ccc(C(=O)NCCc2nccn2Cc2ccccc2)cc1[N+](=O)[O-]. The Kier molecular flexibility index (Phi) is 6.57. The third kappa shape index (κ3) is 5.19. The molecule has 1 aromatic heterocycles. The first-order valence-electron chi connectivity index (χ1n) is 9.32. The lowest BCUT2D eigenvalue weighted by Crippen LogP contribution is -2.26. The quantitative estimate of drug-likeness (QED) is 0.444. The first-order valence-corrected chi connectivity index (χ1v) is 9.32. The Morgan fingerprint density at radius 3 is 2.76 bits per heavy atom. The molecular formula is C21H22N4O4. The van der Waals surface area contributed by atoms with Crippen LogP contribution in [0.1, 0.15) is 28.7 Å². The van der Waals surface area contributed by atoms with E-state index < -0.39 is 4.92 Å². The van der Waals surface area contributed by atoms with Crippen molar-refractivity contribution in [2.24, 2.45) is 0 Å². The maximum absolute atomic E-state index is 12.4. The van der Waals surface area contributed by atoms with Crippen LogP contribution in [0.3, 0.4) is 0 Å². The Hall–Kier alpha value is -3.68. The summed E-state index contributed by atoms with van der Waals surface area (Å²) in [7, 11) is 0. The molecule has 1 N–H and O–H groups in total. The van der Waals surface area contributed by atoms with Crippen molar-refractivity contribution in [2.45, 2.75) is 19.9 Å². The standard InChI is InChI=1S/C21H22N4O4/c1-2-29-19-9-8-17(14-18(19)25(27)28)21(26)23-11-10-20-22-12-13-24(20)15-16-6-4-3-5-7-16/h3-9,12-14H,2,10-11,15H2,1H3,(H,23,26). The topological polar surface area (TPSA) is 99.3 Å². The molecular weight excluding hydrogens is 372 g/mol. The van der Waals surface area contributed by atoms with Gasteiger partial charge in [0.15, 0.2) is 5.75 Å². The van der Waals surface area contributed by atoms with Crippen molar-refractivity contribution in [1.29, 1.82) is 0 Å². The van der Waals surface area contributed by atoms with Gasteiger partial charge in [0, 0.05) is 43.5 Å². The number of aromatic nitrogens is 2. The van der Waals surface area contributed by atoms with Gasteiger partial charge in [-0.3, -0.25) is 14.9 Å². The Balaban J connectivity index is 1.60. The van der Waals surface area contributed by atoms with E-state index in [0.29, 0.717) is 26.1 Å². The summed E-state index contributed by atoms with van der Waals surface area (Å²) in [5.41, 5.74) is 1.16. The van der Waals surface area contributed by atoms with Crippen molar-refractivity contribution >= 4 is 11.6 Å². The largest absolute Gasteiger partial charge is 0.487 e. The third-order valence-electron chi connectivity index (χ3n) is 4.35. The summed E-state index contributed by atoms with van der Waals surface area (Å²) < 4.78 is 7.27. The molecule has 0 atom stereocenters. The van der Waals surface area contributed by atoms with Crippen molar-refractivity contribution in [2.75, 3.05) is 13.2 Å². The van der Waals surface area contributed by atoms with Gasteiger partial charge in [0.2, 0.25) is 0 Å². The number of benzene rings is 2. The van der Waals surface area contributed by atoms with Crippen LogP contribution >= 0.6 is 0 Å². The van der Waals surface area contributed by atoms with Gasteiger partial charge in [0.1, 0.15) is 5.82 Å². The van der Waals surface area contributed by atoms with E-state index in [1.165, 1.54) is 18.2 Å². The number of imidazole rings is 1. The fourth-order valence-electron chi connectivity index (χ4n) is 2.96. The number of nitro benzene ring substituents is 1. The van der Waals surface area contributed by atoms with E-state index >= 15 is 0 Å². The molecule has 0 bridgehead atoms. The van der Waals surface area contributed by atoms with Crippen molar-refractivity contribution in [3.8, 4) is 5.75 Å². The summed E-state index contributed by atoms with van der Waals surface area (Å²) in [6, 6.07) is 14.2. The minimum Gasteiger partial charge on any atom is -0.487 e. The van der Waals surface area contributed by atoms with Gasteiger partial charge < -0.3 is 14.6 Å². The van der Waals surface area contributed by atoms with E-state index in [0.717, 1.165) is 11.4 Å². The van der Waals surface area contributed by atoms with Gasteiger partial charge in [-0.1, -0.05) is 30.3 Å². The molecule has 0 saturated heterocycles. The number of ether oxygens (including phenoxy) is 1. The molecule has 8 heteroatoms. The van der Waals surface area contributed by atoms with Crippen molar-refractivity contribution in [3.05, 3.63) is 88.0 Å². The fourth-order valence-corrected chi connectivity index (χ4v) is 2.96. The molecule has 0 saturated carbocycles. The van der Waals surface area contributed by atoms with Gasteiger partial charge in [0.05, 0.1) is 11.5 Å². The van der Waals surface area contributed by atoms with Crippen LogP contribution in [-0.4, -0.2) is 33.5 Å². The molecule has 0 unspecified atom stereocenters. The van der Waals surface area contributed by atoms with E-state index in [9.17, 15) is 14.9 Å². The molecule has 0 fully saturated rings. The Morgan fingerprint density at radius 1 is 1.24 bits per heavy atom. The van der Waals surface area contributed by atoms with E-state index in [1.54, 1.807) is 13.1 Å². The summed E-state index contributed by atoms with van der Waals surface area (Å²) in [4.78, 5) is 27.4. The highest BCUT2D eigenvalue weighted by molar-refractivity contribution is 5.95. The van der Waals surface area contributed by atoms with Crippen LogP contribution in [0, 0.1) is 10.1 Å². The first kappa shape index (κ1) is 20.1. The van der Waals surface area contributed by atoms with Gasteiger partial charge in [-0.05, 0) is 24.6 Å². The maximum atomic E-state index is 12.4. The predicted octanol–water partition coefficient (Wildman–Crippen LogP) is 3.21. The van der Waals surface area contributed by atoms with Gasteiger partial charge in [-0.15, -0.1) is 0 Å². The average Bonchev–Trinajstić information content (AvgIpc) is 3.16. The average molecular weight is 394 g/mol. The number of rotatable bonds is 9. The number of carbonyl (C=O) groups excluding carboxylic acids is 1. The Labute approximate surface area is 168 Å². The van der Waals surface area contributed by atoms with E-state index in [2.05, 4.69) is 10.3 Å². The van der Waals surface area contributed by atoms with Crippen molar-refractivity contribution in [1.82, 2.24) is 14.9 Å².